The first-order valence-corrected chi connectivity index (χ1v) is 6.75. The predicted octanol–water partition coefficient (Wildman–Crippen LogP) is 1.74. The third-order valence-electron chi connectivity index (χ3n) is 3.15. The number of nitrogens with zero attached hydrogens (tertiary/aromatic N) is 3. The van der Waals surface area contributed by atoms with Gasteiger partial charge in [0.25, 0.3) is 0 Å². The van der Waals surface area contributed by atoms with E-state index in [0.29, 0.717) is 23.5 Å². The number of hydrogen-bond acceptors (Lipinski definition) is 4. The molecule has 3 rings (SSSR count). The van der Waals surface area contributed by atoms with Crippen molar-refractivity contribution < 1.29 is 8.78 Å². The van der Waals surface area contributed by atoms with Crippen LogP contribution < -0.4 is 10.6 Å². The van der Waals surface area contributed by atoms with Gasteiger partial charge in [-0.3, -0.25) is 0 Å². The van der Waals surface area contributed by atoms with Crippen LogP contribution in [0.4, 0.5) is 14.7 Å². The SMILES string of the molecule is Fc1cc(Br)n2nc(N[C@@H]3CCNC[C@H]3F)ncc12. The van der Waals surface area contributed by atoms with E-state index in [4.69, 9.17) is 0 Å². The van der Waals surface area contributed by atoms with Gasteiger partial charge in [0.1, 0.15) is 16.3 Å². The minimum Gasteiger partial charge on any atom is -0.347 e. The molecule has 2 atom stereocenters. The summed E-state index contributed by atoms with van der Waals surface area (Å²) in [4.78, 5) is 4.02. The quantitative estimate of drug-likeness (QED) is 0.880. The molecule has 0 unspecified atom stereocenters. The largest absolute Gasteiger partial charge is 0.347 e. The second-order valence-electron chi connectivity index (χ2n) is 4.45. The lowest BCUT2D eigenvalue weighted by molar-refractivity contribution is 0.244. The molecule has 0 spiro atoms. The Kier molecular flexibility index (Phi) is 3.36. The molecule has 2 aromatic heterocycles. The Bertz CT molecular complexity index is 602. The average Bonchev–Trinajstić information content (AvgIpc) is 2.68. The van der Waals surface area contributed by atoms with Gasteiger partial charge in [-0.15, -0.1) is 5.10 Å². The van der Waals surface area contributed by atoms with Crippen LogP contribution in [0.2, 0.25) is 0 Å². The first-order chi connectivity index (χ1) is 9.15. The first-order valence-electron chi connectivity index (χ1n) is 5.96. The summed E-state index contributed by atoms with van der Waals surface area (Å²) < 4.78 is 29.0. The lowest BCUT2D eigenvalue weighted by Crippen LogP contribution is -2.45. The molecule has 2 aromatic rings. The highest BCUT2D eigenvalue weighted by molar-refractivity contribution is 9.10. The van der Waals surface area contributed by atoms with Gasteiger partial charge >= 0.3 is 0 Å². The fourth-order valence-corrected chi connectivity index (χ4v) is 2.60. The highest BCUT2D eigenvalue weighted by Crippen LogP contribution is 2.20. The van der Waals surface area contributed by atoms with E-state index in [1.165, 1.54) is 16.8 Å². The molecule has 0 saturated carbocycles. The first kappa shape index (κ1) is 12.7. The van der Waals surface area contributed by atoms with Crippen molar-refractivity contribution in [1.29, 1.82) is 0 Å². The Hall–Kier alpha value is -1.28. The van der Waals surface area contributed by atoms with E-state index in [-0.39, 0.29) is 11.6 Å². The normalized spacial score (nSPS) is 23.7. The fourth-order valence-electron chi connectivity index (χ4n) is 2.13. The summed E-state index contributed by atoms with van der Waals surface area (Å²) in [6.07, 6.45) is 1.05. The van der Waals surface area contributed by atoms with Crippen LogP contribution >= 0.6 is 15.9 Å². The molecule has 0 bridgehead atoms. The van der Waals surface area contributed by atoms with Gasteiger partial charge in [0.05, 0.1) is 12.2 Å². The number of aromatic nitrogens is 3. The number of nitrogens with one attached hydrogen (secondary N) is 2. The molecule has 8 heteroatoms. The van der Waals surface area contributed by atoms with Gasteiger partial charge in [0.15, 0.2) is 5.82 Å². The van der Waals surface area contributed by atoms with Crippen molar-refractivity contribution in [2.24, 2.45) is 0 Å². The van der Waals surface area contributed by atoms with Crippen molar-refractivity contribution in [2.45, 2.75) is 18.6 Å². The summed E-state index contributed by atoms with van der Waals surface area (Å²) in [5.41, 5.74) is 0.277. The molecule has 0 amide bonds. The molecule has 102 valence electrons. The maximum atomic E-state index is 13.7. The third-order valence-corrected chi connectivity index (χ3v) is 3.71. The molecular weight excluding hydrogens is 320 g/mol. The van der Waals surface area contributed by atoms with Crippen LogP contribution in [0.3, 0.4) is 0 Å². The van der Waals surface area contributed by atoms with Crippen molar-refractivity contribution in [3.63, 3.8) is 0 Å². The molecule has 3 heterocycles. The molecule has 0 aromatic carbocycles. The van der Waals surface area contributed by atoms with E-state index >= 15 is 0 Å². The van der Waals surface area contributed by atoms with E-state index in [2.05, 4.69) is 36.6 Å². The van der Waals surface area contributed by atoms with E-state index in [9.17, 15) is 8.78 Å². The van der Waals surface area contributed by atoms with Gasteiger partial charge in [-0.1, -0.05) is 0 Å². The van der Waals surface area contributed by atoms with Crippen molar-refractivity contribution in [3.8, 4) is 0 Å². The smallest absolute Gasteiger partial charge is 0.241 e. The number of halogens is 3. The summed E-state index contributed by atoms with van der Waals surface area (Å²) in [5, 5.41) is 10.1. The number of fused-ring (bicyclic) bond motifs is 1. The second-order valence-corrected chi connectivity index (χ2v) is 5.27. The zero-order chi connectivity index (χ0) is 13.4. The molecule has 5 nitrogen and oxygen atoms in total. The minimum atomic E-state index is -0.988. The number of anilines is 1. The lowest BCUT2D eigenvalue weighted by Gasteiger charge is -2.27. The predicted molar refractivity (Wildman–Crippen MR) is 70.4 cm³/mol. The van der Waals surface area contributed by atoms with E-state index < -0.39 is 12.0 Å². The lowest BCUT2D eigenvalue weighted by atomic mass is 10.1. The number of alkyl halides is 1. The highest BCUT2D eigenvalue weighted by Gasteiger charge is 2.25. The molecule has 1 aliphatic rings. The molecule has 1 saturated heterocycles. The van der Waals surface area contributed by atoms with E-state index in [1.807, 2.05) is 0 Å². The van der Waals surface area contributed by atoms with Crippen LogP contribution in [0, 0.1) is 5.82 Å². The molecule has 0 aliphatic carbocycles. The van der Waals surface area contributed by atoms with E-state index in [1.54, 1.807) is 0 Å². The number of hydrogen-bond donors (Lipinski definition) is 2. The summed E-state index contributed by atoms with van der Waals surface area (Å²) in [6.45, 7) is 1.07. The standard InChI is InChI=1S/C11H12BrF2N5/c12-10-3-6(13)9-5-16-11(18-19(9)10)17-8-1-2-15-4-7(8)14/h3,5,7-8,15H,1-2,4H2,(H,17,18)/t7-,8-/m1/s1. The van der Waals surface area contributed by atoms with Crippen LogP contribution in [0.5, 0.6) is 0 Å². The van der Waals surface area contributed by atoms with Crippen LogP contribution in [-0.4, -0.2) is 39.9 Å². The van der Waals surface area contributed by atoms with Crippen LogP contribution in [0.25, 0.3) is 5.52 Å². The summed E-state index contributed by atoms with van der Waals surface area (Å²) in [7, 11) is 0. The van der Waals surface area contributed by atoms with Crippen molar-refractivity contribution in [1.82, 2.24) is 19.9 Å². The highest BCUT2D eigenvalue weighted by atomic mass is 79.9. The maximum absolute atomic E-state index is 13.7. The third kappa shape index (κ3) is 2.42. The zero-order valence-corrected chi connectivity index (χ0v) is 11.5. The molecular formula is C11H12BrF2N5. The Morgan fingerprint density at radius 2 is 2.37 bits per heavy atom. The van der Waals surface area contributed by atoms with Gasteiger partial charge in [0.2, 0.25) is 5.95 Å². The average molecular weight is 332 g/mol. The van der Waals surface area contributed by atoms with Gasteiger partial charge in [0, 0.05) is 12.6 Å². The van der Waals surface area contributed by atoms with Gasteiger partial charge < -0.3 is 10.6 Å². The summed E-state index contributed by atoms with van der Waals surface area (Å²) in [6, 6.07) is 0.994. The van der Waals surface area contributed by atoms with Crippen molar-refractivity contribution >= 4 is 27.4 Å². The zero-order valence-electron chi connectivity index (χ0n) is 9.91. The summed E-state index contributed by atoms with van der Waals surface area (Å²) in [5.74, 6) is -0.109. The monoisotopic (exact) mass is 331 g/mol. The Balaban J connectivity index is 1.86. The van der Waals surface area contributed by atoms with Gasteiger partial charge in [-0.2, -0.15) is 0 Å². The van der Waals surface area contributed by atoms with Crippen LogP contribution in [-0.2, 0) is 0 Å². The second kappa shape index (κ2) is 5.01. The number of rotatable bonds is 2. The van der Waals surface area contributed by atoms with Crippen LogP contribution in [0.1, 0.15) is 6.42 Å². The molecule has 0 radical (unpaired) electrons. The Morgan fingerprint density at radius 3 is 3.16 bits per heavy atom. The van der Waals surface area contributed by atoms with Crippen LogP contribution in [0.15, 0.2) is 16.9 Å². The summed E-state index contributed by atoms with van der Waals surface area (Å²) >= 11 is 3.21. The molecule has 1 fully saturated rings. The van der Waals surface area contributed by atoms with Gasteiger partial charge in [-0.05, 0) is 28.9 Å². The topological polar surface area (TPSA) is 54.2 Å². The Morgan fingerprint density at radius 1 is 1.53 bits per heavy atom. The Labute approximate surface area is 116 Å². The number of piperidine rings is 1. The van der Waals surface area contributed by atoms with Crippen molar-refractivity contribution in [3.05, 3.63) is 22.7 Å². The van der Waals surface area contributed by atoms with Crippen molar-refractivity contribution in [2.75, 3.05) is 18.4 Å². The molecule has 1 aliphatic heterocycles. The maximum Gasteiger partial charge on any atom is 0.241 e. The van der Waals surface area contributed by atoms with Gasteiger partial charge in [-0.25, -0.2) is 18.3 Å². The minimum absolute atomic E-state index is 0.277. The van der Waals surface area contributed by atoms with E-state index in [0.717, 1.165) is 6.54 Å². The molecule has 19 heavy (non-hydrogen) atoms. The molecule has 2 N–H and O–H groups in total. The fraction of sp³-hybridized carbons (Fsp3) is 0.455.